The Kier molecular flexibility index (Phi) is 3.01. The predicted octanol–water partition coefficient (Wildman–Crippen LogP) is 2.88. The Morgan fingerprint density at radius 1 is 1.42 bits per heavy atom. The summed E-state index contributed by atoms with van der Waals surface area (Å²) in [4.78, 5) is 4.17. The molecule has 2 N–H and O–H groups in total. The van der Waals surface area contributed by atoms with E-state index in [4.69, 9.17) is 5.73 Å². The number of nitrogen functional groups attached to an aromatic ring is 1. The van der Waals surface area contributed by atoms with E-state index in [2.05, 4.69) is 23.9 Å². The zero-order chi connectivity index (χ0) is 13.4. The first-order valence-electron chi connectivity index (χ1n) is 6.88. The Morgan fingerprint density at radius 3 is 2.89 bits per heavy atom. The van der Waals surface area contributed by atoms with Gasteiger partial charge in [0.2, 0.25) is 0 Å². The number of hydrogen-bond acceptors (Lipinski definition) is 3. The zero-order valence-corrected chi connectivity index (χ0v) is 11.5. The molecule has 2 aromatic rings. The maximum Gasteiger partial charge on any atom is 0.122 e. The molecule has 1 saturated carbocycles. The summed E-state index contributed by atoms with van der Waals surface area (Å²) < 4.78 is 1.94. The third-order valence-electron chi connectivity index (χ3n) is 4.03. The second kappa shape index (κ2) is 4.68. The molecular formula is C15H20N4. The SMILES string of the molecule is Cc1ccncc1-c1cc(N)n(CC2CC(C)C2)n1. The Labute approximate surface area is 113 Å². The van der Waals surface area contributed by atoms with Crippen molar-refractivity contribution in [3.05, 3.63) is 30.1 Å². The Morgan fingerprint density at radius 2 is 2.21 bits per heavy atom. The van der Waals surface area contributed by atoms with Crippen LogP contribution in [-0.2, 0) is 6.54 Å². The van der Waals surface area contributed by atoms with Gasteiger partial charge in [-0.1, -0.05) is 6.92 Å². The standard InChI is InChI=1S/C15H20N4/c1-10-5-12(6-10)9-19-15(16)7-14(18-19)13-8-17-4-3-11(13)2/h3-4,7-8,10,12H,5-6,9,16H2,1-2H3. The molecule has 4 nitrogen and oxygen atoms in total. The van der Waals surface area contributed by atoms with E-state index in [1.807, 2.05) is 23.0 Å². The van der Waals surface area contributed by atoms with Gasteiger partial charge in [0.1, 0.15) is 5.82 Å². The largest absolute Gasteiger partial charge is 0.384 e. The third-order valence-corrected chi connectivity index (χ3v) is 4.03. The van der Waals surface area contributed by atoms with Gasteiger partial charge >= 0.3 is 0 Å². The van der Waals surface area contributed by atoms with Gasteiger partial charge in [0.15, 0.2) is 0 Å². The van der Waals surface area contributed by atoms with Gasteiger partial charge in [-0.2, -0.15) is 5.10 Å². The number of hydrogen-bond donors (Lipinski definition) is 1. The first kappa shape index (κ1) is 12.2. The Hall–Kier alpha value is -1.84. The molecular weight excluding hydrogens is 236 g/mol. The average molecular weight is 256 g/mol. The second-order valence-corrected chi connectivity index (χ2v) is 5.77. The van der Waals surface area contributed by atoms with E-state index in [0.29, 0.717) is 0 Å². The first-order valence-corrected chi connectivity index (χ1v) is 6.88. The van der Waals surface area contributed by atoms with Crippen molar-refractivity contribution in [2.75, 3.05) is 5.73 Å². The number of nitrogens with two attached hydrogens (primary N) is 1. The summed E-state index contributed by atoms with van der Waals surface area (Å²) in [6.45, 7) is 5.31. The van der Waals surface area contributed by atoms with E-state index < -0.39 is 0 Å². The monoisotopic (exact) mass is 256 g/mol. The quantitative estimate of drug-likeness (QED) is 0.918. The van der Waals surface area contributed by atoms with Crippen molar-refractivity contribution in [3.63, 3.8) is 0 Å². The molecule has 0 spiro atoms. The van der Waals surface area contributed by atoms with Gasteiger partial charge in [0.25, 0.3) is 0 Å². The molecule has 1 aliphatic rings. The van der Waals surface area contributed by atoms with Crippen LogP contribution in [0, 0.1) is 18.8 Å². The van der Waals surface area contributed by atoms with Crippen LogP contribution in [0.3, 0.4) is 0 Å². The summed E-state index contributed by atoms with van der Waals surface area (Å²) in [7, 11) is 0. The fourth-order valence-corrected chi connectivity index (χ4v) is 2.90. The summed E-state index contributed by atoms with van der Waals surface area (Å²) in [6, 6.07) is 3.95. The highest BCUT2D eigenvalue weighted by molar-refractivity contribution is 5.64. The lowest BCUT2D eigenvalue weighted by Crippen LogP contribution is -2.26. The number of rotatable bonds is 3. The smallest absolute Gasteiger partial charge is 0.122 e. The van der Waals surface area contributed by atoms with Gasteiger partial charge in [-0.05, 0) is 43.2 Å². The van der Waals surface area contributed by atoms with E-state index in [0.717, 1.165) is 35.5 Å². The molecule has 2 aromatic heterocycles. The number of aromatic nitrogens is 3. The van der Waals surface area contributed by atoms with Gasteiger partial charge in [0.05, 0.1) is 5.69 Å². The molecule has 0 aromatic carbocycles. The first-order chi connectivity index (χ1) is 9.13. The van der Waals surface area contributed by atoms with E-state index in [1.54, 1.807) is 6.20 Å². The van der Waals surface area contributed by atoms with Gasteiger partial charge in [0, 0.05) is 30.6 Å². The fraction of sp³-hybridized carbons (Fsp3) is 0.467. The van der Waals surface area contributed by atoms with Crippen LogP contribution >= 0.6 is 0 Å². The molecule has 0 saturated heterocycles. The molecule has 0 aliphatic heterocycles. The van der Waals surface area contributed by atoms with Gasteiger partial charge in [-0.15, -0.1) is 0 Å². The molecule has 19 heavy (non-hydrogen) atoms. The van der Waals surface area contributed by atoms with Gasteiger partial charge in [-0.3, -0.25) is 4.98 Å². The van der Waals surface area contributed by atoms with Crippen molar-refractivity contribution in [2.45, 2.75) is 33.2 Å². The van der Waals surface area contributed by atoms with Crippen molar-refractivity contribution in [2.24, 2.45) is 11.8 Å². The van der Waals surface area contributed by atoms with Crippen molar-refractivity contribution in [1.29, 1.82) is 0 Å². The highest BCUT2D eigenvalue weighted by atomic mass is 15.3. The van der Waals surface area contributed by atoms with Crippen LogP contribution in [0.15, 0.2) is 24.5 Å². The topological polar surface area (TPSA) is 56.7 Å². The molecule has 100 valence electrons. The van der Waals surface area contributed by atoms with E-state index in [-0.39, 0.29) is 0 Å². The summed E-state index contributed by atoms with van der Waals surface area (Å²) in [6.07, 6.45) is 6.24. The van der Waals surface area contributed by atoms with E-state index in [1.165, 1.54) is 18.4 Å². The minimum absolute atomic E-state index is 0.736. The summed E-state index contributed by atoms with van der Waals surface area (Å²) in [5.41, 5.74) is 9.24. The van der Waals surface area contributed by atoms with Crippen molar-refractivity contribution < 1.29 is 0 Å². The molecule has 3 rings (SSSR count). The average Bonchev–Trinajstić information content (AvgIpc) is 2.69. The van der Waals surface area contributed by atoms with Crippen LogP contribution in [0.4, 0.5) is 5.82 Å². The maximum atomic E-state index is 6.07. The molecule has 0 amide bonds. The van der Waals surface area contributed by atoms with Crippen LogP contribution in [0.1, 0.15) is 25.3 Å². The molecule has 1 aliphatic carbocycles. The third kappa shape index (κ3) is 2.35. The van der Waals surface area contributed by atoms with Crippen molar-refractivity contribution in [1.82, 2.24) is 14.8 Å². The van der Waals surface area contributed by atoms with Crippen LogP contribution in [0.25, 0.3) is 11.3 Å². The molecule has 0 unspecified atom stereocenters. The zero-order valence-electron chi connectivity index (χ0n) is 11.5. The molecule has 0 bridgehead atoms. The lowest BCUT2D eigenvalue weighted by atomic mass is 9.76. The summed E-state index contributed by atoms with van der Waals surface area (Å²) in [5, 5.41) is 4.64. The molecule has 0 atom stereocenters. The lowest BCUT2D eigenvalue weighted by molar-refractivity contribution is 0.183. The summed E-state index contributed by atoms with van der Waals surface area (Å²) in [5.74, 6) is 2.35. The Balaban J connectivity index is 1.83. The number of aryl methyl sites for hydroxylation is 1. The summed E-state index contributed by atoms with van der Waals surface area (Å²) >= 11 is 0. The normalized spacial score (nSPS) is 22.2. The number of pyridine rings is 1. The van der Waals surface area contributed by atoms with Crippen LogP contribution < -0.4 is 5.73 Å². The second-order valence-electron chi connectivity index (χ2n) is 5.77. The van der Waals surface area contributed by atoms with Crippen molar-refractivity contribution >= 4 is 5.82 Å². The molecule has 1 fully saturated rings. The van der Waals surface area contributed by atoms with Crippen LogP contribution in [0.5, 0.6) is 0 Å². The van der Waals surface area contributed by atoms with E-state index >= 15 is 0 Å². The van der Waals surface area contributed by atoms with Crippen LogP contribution in [0.2, 0.25) is 0 Å². The number of anilines is 1. The number of nitrogens with zero attached hydrogens (tertiary/aromatic N) is 3. The lowest BCUT2D eigenvalue weighted by Gasteiger charge is -2.32. The fourth-order valence-electron chi connectivity index (χ4n) is 2.90. The van der Waals surface area contributed by atoms with Crippen molar-refractivity contribution in [3.8, 4) is 11.3 Å². The van der Waals surface area contributed by atoms with Gasteiger partial charge in [-0.25, -0.2) is 4.68 Å². The highest BCUT2D eigenvalue weighted by Crippen LogP contribution is 2.35. The maximum absolute atomic E-state index is 6.07. The van der Waals surface area contributed by atoms with Gasteiger partial charge < -0.3 is 5.73 Å². The van der Waals surface area contributed by atoms with E-state index in [9.17, 15) is 0 Å². The highest BCUT2D eigenvalue weighted by Gasteiger charge is 2.26. The minimum atomic E-state index is 0.736. The molecule has 4 heteroatoms. The molecule has 0 radical (unpaired) electrons. The van der Waals surface area contributed by atoms with Crippen LogP contribution in [-0.4, -0.2) is 14.8 Å². The Bertz CT molecular complexity index is 582. The minimum Gasteiger partial charge on any atom is -0.384 e. The predicted molar refractivity (Wildman–Crippen MR) is 76.5 cm³/mol. The molecule has 2 heterocycles.